The highest BCUT2D eigenvalue weighted by molar-refractivity contribution is 7.80. The Morgan fingerprint density at radius 2 is 2.10 bits per heavy atom. The second-order valence-electron chi connectivity index (χ2n) is 6.66. The topological polar surface area (TPSA) is 35.2 Å². The summed E-state index contributed by atoms with van der Waals surface area (Å²) in [4.78, 5) is 0.353. The molecular weight excluding hydrogens is 290 g/mol. The van der Waals surface area contributed by atoms with Crippen molar-refractivity contribution in [2.75, 3.05) is 0 Å². The zero-order valence-corrected chi connectivity index (χ0v) is 13.9. The molecule has 1 saturated carbocycles. The summed E-state index contributed by atoms with van der Waals surface area (Å²) >= 11 is 11.2. The largest absolute Gasteiger partial charge is 0.489 e. The molecule has 2 N–H and O–H groups in total. The van der Waals surface area contributed by atoms with E-state index >= 15 is 0 Å². The zero-order valence-electron chi connectivity index (χ0n) is 12.3. The van der Waals surface area contributed by atoms with Gasteiger partial charge in [-0.3, -0.25) is 0 Å². The maximum Gasteiger partial charge on any atom is 0.138 e. The highest BCUT2D eigenvalue weighted by Gasteiger charge is 2.33. The molecule has 2 unspecified atom stereocenters. The predicted octanol–water partition coefficient (Wildman–Crippen LogP) is 4.57. The fraction of sp³-hybridized carbons (Fsp3) is 0.562. The van der Waals surface area contributed by atoms with Gasteiger partial charge in [0.25, 0.3) is 0 Å². The lowest BCUT2D eigenvalue weighted by Crippen LogP contribution is -2.34. The van der Waals surface area contributed by atoms with Crippen molar-refractivity contribution < 1.29 is 4.74 Å². The molecule has 2 atom stereocenters. The molecule has 0 spiro atoms. The Kier molecular flexibility index (Phi) is 4.60. The number of hydrogen-bond acceptors (Lipinski definition) is 2. The smallest absolute Gasteiger partial charge is 0.138 e. The molecule has 0 bridgehead atoms. The summed E-state index contributed by atoms with van der Waals surface area (Å²) in [5, 5.41) is 0.575. The van der Waals surface area contributed by atoms with Crippen LogP contribution in [-0.4, -0.2) is 11.1 Å². The van der Waals surface area contributed by atoms with E-state index in [0.29, 0.717) is 21.3 Å². The van der Waals surface area contributed by atoms with Gasteiger partial charge < -0.3 is 10.5 Å². The van der Waals surface area contributed by atoms with Crippen molar-refractivity contribution in [1.29, 1.82) is 0 Å². The van der Waals surface area contributed by atoms with E-state index in [1.54, 1.807) is 6.07 Å². The second kappa shape index (κ2) is 5.90. The number of nitrogens with two attached hydrogens (primary N) is 1. The van der Waals surface area contributed by atoms with Crippen LogP contribution in [0.5, 0.6) is 5.75 Å². The molecule has 4 heteroatoms. The third kappa shape index (κ3) is 3.86. The molecule has 2 nitrogen and oxygen atoms in total. The second-order valence-corrected chi connectivity index (χ2v) is 7.51. The molecule has 1 fully saturated rings. The Morgan fingerprint density at radius 1 is 1.40 bits per heavy atom. The number of rotatable bonds is 3. The molecular formula is C16H22ClNOS. The molecule has 0 amide bonds. The van der Waals surface area contributed by atoms with Crippen molar-refractivity contribution in [3.63, 3.8) is 0 Å². The molecule has 1 aromatic rings. The summed E-state index contributed by atoms with van der Waals surface area (Å²) < 4.78 is 6.11. The van der Waals surface area contributed by atoms with Gasteiger partial charge in [-0.05, 0) is 48.8 Å². The SMILES string of the molecule is CC1CC(Oc2ccc(C(N)=S)cc2Cl)CC(C)(C)C1. The van der Waals surface area contributed by atoms with Crippen molar-refractivity contribution in [3.8, 4) is 5.75 Å². The molecule has 110 valence electrons. The summed E-state index contributed by atoms with van der Waals surface area (Å²) in [6.07, 6.45) is 3.62. The Hall–Kier alpha value is -0.800. The molecule has 1 aliphatic carbocycles. The first-order chi connectivity index (χ1) is 9.27. The Balaban J connectivity index is 2.12. The average Bonchev–Trinajstić information content (AvgIpc) is 2.28. The quantitative estimate of drug-likeness (QED) is 0.831. The highest BCUT2D eigenvalue weighted by atomic mass is 35.5. The van der Waals surface area contributed by atoms with Crippen LogP contribution in [0.4, 0.5) is 0 Å². The van der Waals surface area contributed by atoms with E-state index < -0.39 is 0 Å². The van der Waals surface area contributed by atoms with Gasteiger partial charge >= 0.3 is 0 Å². The van der Waals surface area contributed by atoms with Crippen molar-refractivity contribution in [2.24, 2.45) is 17.1 Å². The van der Waals surface area contributed by atoms with Gasteiger partial charge in [-0.25, -0.2) is 0 Å². The summed E-state index contributed by atoms with van der Waals surface area (Å²) in [7, 11) is 0. The first-order valence-corrected chi connectivity index (χ1v) is 7.81. The number of ether oxygens (including phenoxy) is 1. The van der Waals surface area contributed by atoms with Crippen LogP contribution >= 0.6 is 23.8 Å². The molecule has 0 heterocycles. The van der Waals surface area contributed by atoms with Crippen LogP contribution in [0.1, 0.15) is 45.6 Å². The fourth-order valence-corrected chi connectivity index (χ4v) is 3.63. The number of benzene rings is 1. The fourth-order valence-electron chi connectivity index (χ4n) is 3.28. The van der Waals surface area contributed by atoms with Crippen molar-refractivity contribution in [1.82, 2.24) is 0 Å². The monoisotopic (exact) mass is 311 g/mol. The molecule has 0 aliphatic heterocycles. The first-order valence-electron chi connectivity index (χ1n) is 7.03. The van der Waals surface area contributed by atoms with Gasteiger partial charge in [0.05, 0.1) is 11.1 Å². The molecule has 0 aromatic heterocycles. The van der Waals surface area contributed by atoms with E-state index in [9.17, 15) is 0 Å². The Bertz CT molecular complexity index is 515. The minimum atomic E-state index is 0.224. The Labute approximate surface area is 131 Å². The van der Waals surface area contributed by atoms with Crippen molar-refractivity contribution in [2.45, 2.75) is 46.1 Å². The third-order valence-corrected chi connectivity index (χ3v) is 4.39. The summed E-state index contributed by atoms with van der Waals surface area (Å²) in [5.41, 5.74) is 6.70. The van der Waals surface area contributed by atoms with Gasteiger partial charge in [-0.1, -0.05) is 44.6 Å². The lowest BCUT2D eigenvalue weighted by molar-refractivity contribution is 0.0563. The molecule has 0 saturated heterocycles. The first kappa shape index (κ1) is 15.6. The van der Waals surface area contributed by atoms with Crippen LogP contribution in [0.2, 0.25) is 5.02 Å². The van der Waals surface area contributed by atoms with Gasteiger partial charge in [0.15, 0.2) is 0 Å². The van der Waals surface area contributed by atoms with Crippen molar-refractivity contribution in [3.05, 3.63) is 28.8 Å². The number of thiocarbonyl (C=S) groups is 1. The lowest BCUT2D eigenvalue weighted by Gasteiger charge is -2.39. The van der Waals surface area contributed by atoms with Crippen LogP contribution in [0, 0.1) is 11.3 Å². The highest BCUT2D eigenvalue weighted by Crippen LogP contribution is 2.40. The summed E-state index contributed by atoms with van der Waals surface area (Å²) in [5.74, 6) is 1.40. The number of hydrogen-bond donors (Lipinski definition) is 1. The van der Waals surface area contributed by atoms with Crippen LogP contribution in [0.15, 0.2) is 18.2 Å². The minimum Gasteiger partial charge on any atom is -0.489 e. The van der Waals surface area contributed by atoms with E-state index in [-0.39, 0.29) is 6.10 Å². The molecule has 2 rings (SSSR count). The molecule has 1 aromatic carbocycles. The van der Waals surface area contributed by atoms with Gasteiger partial charge in [0.1, 0.15) is 10.7 Å². The molecule has 20 heavy (non-hydrogen) atoms. The van der Waals surface area contributed by atoms with E-state index in [2.05, 4.69) is 20.8 Å². The minimum absolute atomic E-state index is 0.224. The normalized spacial score (nSPS) is 25.2. The molecule has 0 radical (unpaired) electrons. The van der Waals surface area contributed by atoms with Gasteiger partial charge in [0.2, 0.25) is 0 Å². The lowest BCUT2D eigenvalue weighted by atomic mass is 9.71. The van der Waals surface area contributed by atoms with Crippen molar-refractivity contribution >= 4 is 28.8 Å². The summed E-state index contributed by atoms with van der Waals surface area (Å²) in [6.45, 7) is 6.89. The maximum absolute atomic E-state index is 6.26. The predicted molar refractivity (Wildman–Crippen MR) is 88.6 cm³/mol. The van der Waals surface area contributed by atoms with E-state index in [4.69, 9.17) is 34.3 Å². The summed E-state index contributed by atoms with van der Waals surface area (Å²) in [6, 6.07) is 5.50. The third-order valence-electron chi connectivity index (χ3n) is 3.86. The zero-order chi connectivity index (χ0) is 14.9. The molecule has 1 aliphatic rings. The van der Waals surface area contributed by atoms with Crippen LogP contribution in [-0.2, 0) is 0 Å². The van der Waals surface area contributed by atoms with E-state index in [1.807, 2.05) is 12.1 Å². The van der Waals surface area contributed by atoms with Crippen LogP contribution in [0.3, 0.4) is 0 Å². The average molecular weight is 312 g/mol. The maximum atomic E-state index is 6.26. The van der Waals surface area contributed by atoms with E-state index in [1.165, 1.54) is 6.42 Å². The standard InChI is InChI=1S/C16H22ClNOS/c1-10-6-12(9-16(2,3)8-10)19-14-5-4-11(15(18)20)7-13(14)17/h4-5,7,10,12H,6,8-9H2,1-3H3,(H2,18,20). The van der Waals surface area contributed by atoms with Gasteiger partial charge in [-0.15, -0.1) is 0 Å². The van der Waals surface area contributed by atoms with E-state index in [0.717, 1.165) is 24.2 Å². The van der Waals surface area contributed by atoms with Crippen LogP contribution < -0.4 is 10.5 Å². The van der Waals surface area contributed by atoms with Gasteiger partial charge in [-0.2, -0.15) is 0 Å². The Morgan fingerprint density at radius 3 is 2.65 bits per heavy atom. The van der Waals surface area contributed by atoms with Gasteiger partial charge in [0, 0.05) is 5.56 Å². The van der Waals surface area contributed by atoms with Crippen LogP contribution in [0.25, 0.3) is 0 Å². The number of halogens is 1.